The molecule has 0 N–H and O–H groups in total. The molecule has 3 aromatic rings. The Morgan fingerprint density at radius 3 is 2.75 bits per heavy atom. The zero-order valence-electron chi connectivity index (χ0n) is 10.7. The van der Waals surface area contributed by atoms with Crippen LogP contribution >= 0.6 is 23.1 Å². The van der Waals surface area contributed by atoms with E-state index in [9.17, 15) is 4.39 Å². The molecule has 1 aromatic carbocycles. The first kappa shape index (κ1) is 13.3. The van der Waals surface area contributed by atoms with Gasteiger partial charge in [0.15, 0.2) is 0 Å². The Balaban J connectivity index is 1.69. The second-order valence-corrected chi connectivity index (χ2v) is 6.27. The number of hydrogen-bond donors (Lipinski definition) is 0. The second-order valence-electron chi connectivity index (χ2n) is 4.19. The number of oxazole rings is 1. The van der Waals surface area contributed by atoms with E-state index in [-0.39, 0.29) is 5.82 Å². The van der Waals surface area contributed by atoms with Crippen molar-refractivity contribution in [1.82, 2.24) is 9.97 Å². The number of thioether (sulfide) groups is 1. The summed E-state index contributed by atoms with van der Waals surface area (Å²) < 4.78 is 19.3. The van der Waals surface area contributed by atoms with Crippen LogP contribution in [0.15, 0.2) is 44.7 Å². The number of aromatic nitrogens is 2. The molecule has 2 aromatic heterocycles. The number of rotatable bonds is 4. The van der Waals surface area contributed by atoms with Crippen molar-refractivity contribution in [3.05, 3.63) is 53.1 Å². The van der Waals surface area contributed by atoms with Gasteiger partial charge >= 0.3 is 0 Å². The van der Waals surface area contributed by atoms with Gasteiger partial charge in [-0.2, -0.15) is 0 Å². The summed E-state index contributed by atoms with van der Waals surface area (Å²) in [7, 11) is 0. The highest BCUT2D eigenvalue weighted by Gasteiger charge is 2.08. The van der Waals surface area contributed by atoms with Crippen LogP contribution in [-0.2, 0) is 5.75 Å². The Bertz CT molecular complexity index is 706. The zero-order valence-corrected chi connectivity index (χ0v) is 12.3. The molecule has 0 radical (unpaired) electrons. The summed E-state index contributed by atoms with van der Waals surface area (Å²) in [6.45, 7) is 1.98. The summed E-state index contributed by atoms with van der Waals surface area (Å²) in [6.07, 6.45) is 1.63. The van der Waals surface area contributed by atoms with Gasteiger partial charge in [-0.3, -0.25) is 0 Å². The molecule has 0 fully saturated rings. The number of benzene rings is 1. The van der Waals surface area contributed by atoms with Crippen molar-refractivity contribution < 1.29 is 8.81 Å². The summed E-state index contributed by atoms with van der Waals surface area (Å²) in [5.41, 5.74) is 2.65. The number of halogens is 1. The van der Waals surface area contributed by atoms with E-state index in [1.165, 1.54) is 12.1 Å². The van der Waals surface area contributed by atoms with E-state index in [1.807, 2.05) is 12.3 Å². The van der Waals surface area contributed by atoms with Gasteiger partial charge in [0.25, 0.3) is 0 Å². The molecule has 0 unspecified atom stereocenters. The summed E-state index contributed by atoms with van der Waals surface area (Å²) >= 11 is 3.26. The van der Waals surface area contributed by atoms with E-state index in [1.54, 1.807) is 41.5 Å². The smallest absolute Gasteiger partial charge is 0.226 e. The Labute approximate surface area is 123 Å². The van der Waals surface area contributed by atoms with Crippen LogP contribution in [0.5, 0.6) is 0 Å². The van der Waals surface area contributed by atoms with Crippen molar-refractivity contribution >= 4 is 23.1 Å². The minimum Gasteiger partial charge on any atom is -0.444 e. The molecule has 0 spiro atoms. The number of aryl methyl sites for hydroxylation is 1. The molecule has 3 nitrogen and oxygen atoms in total. The molecule has 0 aliphatic rings. The topological polar surface area (TPSA) is 38.9 Å². The van der Waals surface area contributed by atoms with Gasteiger partial charge in [-0.25, -0.2) is 14.4 Å². The van der Waals surface area contributed by atoms with Crippen LogP contribution in [-0.4, -0.2) is 9.97 Å². The largest absolute Gasteiger partial charge is 0.444 e. The normalized spacial score (nSPS) is 10.9. The highest BCUT2D eigenvalue weighted by atomic mass is 32.2. The average Bonchev–Trinajstić information content (AvgIpc) is 3.06. The molecule has 0 saturated carbocycles. The highest BCUT2D eigenvalue weighted by Crippen LogP contribution is 2.27. The second kappa shape index (κ2) is 5.76. The van der Waals surface area contributed by atoms with Crippen LogP contribution in [0, 0.1) is 12.7 Å². The van der Waals surface area contributed by atoms with Gasteiger partial charge in [-0.1, -0.05) is 11.8 Å². The quantitative estimate of drug-likeness (QED) is 0.663. The van der Waals surface area contributed by atoms with Crippen molar-refractivity contribution in [2.45, 2.75) is 17.0 Å². The molecule has 0 amide bonds. The summed E-state index contributed by atoms with van der Waals surface area (Å²) in [5.74, 6) is 0.948. The third kappa shape index (κ3) is 3.08. The monoisotopic (exact) mass is 306 g/mol. The summed E-state index contributed by atoms with van der Waals surface area (Å²) in [4.78, 5) is 8.78. The van der Waals surface area contributed by atoms with Crippen LogP contribution in [0.3, 0.4) is 0 Å². The first-order valence-corrected chi connectivity index (χ1v) is 7.82. The lowest BCUT2D eigenvalue weighted by Crippen LogP contribution is -1.82. The third-order valence-corrected chi connectivity index (χ3v) is 4.76. The predicted molar refractivity (Wildman–Crippen MR) is 78.3 cm³/mol. The molecule has 6 heteroatoms. The SMILES string of the molecule is Cc1csc(SCc2coc(-c3ccc(F)cc3)n2)n1. The number of nitrogens with zero attached hydrogens (tertiary/aromatic N) is 2. The third-order valence-electron chi connectivity index (χ3n) is 2.58. The fourth-order valence-corrected chi connectivity index (χ4v) is 3.36. The molecular weight excluding hydrogens is 295 g/mol. The van der Waals surface area contributed by atoms with Gasteiger partial charge in [0.1, 0.15) is 16.4 Å². The lowest BCUT2D eigenvalue weighted by Gasteiger charge is -1.94. The lowest BCUT2D eigenvalue weighted by atomic mass is 10.2. The van der Waals surface area contributed by atoms with Gasteiger partial charge in [0.2, 0.25) is 5.89 Å². The van der Waals surface area contributed by atoms with Crippen molar-refractivity contribution in [3.63, 3.8) is 0 Å². The van der Waals surface area contributed by atoms with Gasteiger partial charge in [-0.15, -0.1) is 11.3 Å². The van der Waals surface area contributed by atoms with Crippen molar-refractivity contribution in [1.29, 1.82) is 0 Å². The summed E-state index contributed by atoms with van der Waals surface area (Å²) in [5, 5.41) is 2.02. The van der Waals surface area contributed by atoms with Gasteiger partial charge < -0.3 is 4.42 Å². The zero-order chi connectivity index (χ0) is 13.9. The summed E-state index contributed by atoms with van der Waals surface area (Å²) in [6, 6.07) is 6.10. The molecule has 0 aliphatic carbocycles. The highest BCUT2D eigenvalue weighted by molar-refractivity contribution is 8.00. The Morgan fingerprint density at radius 2 is 2.05 bits per heavy atom. The van der Waals surface area contributed by atoms with E-state index in [4.69, 9.17) is 4.42 Å². The van der Waals surface area contributed by atoms with Crippen molar-refractivity contribution in [2.24, 2.45) is 0 Å². The fraction of sp³-hybridized carbons (Fsp3) is 0.143. The predicted octanol–water partition coefficient (Wildman–Crippen LogP) is 4.54. The molecule has 0 aliphatic heterocycles. The van der Waals surface area contributed by atoms with Crippen LogP contribution in [0.2, 0.25) is 0 Å². The van der Waals surface area contributed by atoms with Crippen LogP contribution in [0.25, 0.3) is 11.5 Å². The Morgan fingerprint density at radius 1 is 1.25 bits per heavy atom. The maximum absolute atomic E-state index is 12.9. The van der Waals surface area contributed by atoms with Gasteiger partial charge in [0, 0.05) is 22.4 Å². The first-order valence-electron chi connectivity index (χ1n) is 5.96. The molecule has 20 heavy (non-hydrogen) atoms. The van der Waals surface area contributed by atoms with Crippen LogP contribution in [0.1, 0.15) is 11.4 Å². The molecule has 0 saturated heterocycles. The maximum atomic E-state index is 12.9. The fourth-order valence-electron chi connectivity index (χ4n) is 1.63. The van der Waals surface area contributed by atoms with E-state index in [2.05, 4.69) is 9.97 Å². The van der Waals surface area contributed by atoms with Crippen LogP contribution in [0.4, 0.5) is 4.39 Å². The van der Waals surface area contributed by atoms with E-state index in [0.29, 0.717) is 11.6 Å². The minimum atomic E-state index is -0.268. The van der Waals surface area contributed by atoms with Crippen molar-refractivity contribution in [2.75, 3.05) is 0 Å². The number of thiazole rings is 1. The molecular formula is C14H11FN2OS2. The first-order chi connectivity index (χ1) is 9.70. The van der Waals surface area contributed by atoms with E-state index in [0.717, 1.165) is 21.3 Å². The maximum Gasteiger partial charge on any atom is 0.226 e. The van der Waals surface area contributed by atoms with Gasteiger partial charge in [-0.05, 0) is 31.2 Å². The average molecular weight is 306 g/mol. The number of hydrogen-bond acceptors (Lipinski definition) is 5. The Kier molecular flexibility index (Phi) is 3.84. The minimum absolute atomic E-state index is 0.268. The molecule has 2 heterocycles. The lowest BCUT2D eigenvalue weighted by molar-refractivity contribution is 0.573. The molecule has 0 bridgehead atoms. The van der Waals surface area contributed by atoms with Gasteiger partial charge in [0.05, 0.1) is 5.69 Å². The molecule has 102 valence electrons. The van der Waals surface area contributed by atoms with E-state index >= 15 is 0 Å². The molecule has 0 atom stereocenters. The van der Waals surface area contributed by atoms with Crippen molar-refractivity contribution in [3.8, 4) is 11.5 Å². The van der Waals surface area contributed by atoms with E-state index < -0.39 is 0 Å². The standard InChI is InChI=1S/C14H11FN2OS2/c1-9-7-19-14(16-9)20-8-12-6-18-13(17-12)10-2-4-11(15)5-3-10/h2-7H,8H2,1H3. The molecule has 3 rings (SSSR count). The van der Waals surface area contributed by atoms with Crippen LogP contribution < -0.4 is 0 Å². The Hall–Kier alpha value is -1.66.